The third-order valence-corrected chi connectivity index (χ3v) is 2.00. The zero-order chi connectivity index (χ0) is 15.6. The molecule has 0 unspecified atom stereocenters. The topological polar surface area (TPSA) is 36.9 Å². The molecule has 1 fully saturated rings. The van der Waals surface area contributed by atoms with Crippen molar-refractivity contribution in [3.8, 4) is 0 Å². The number of hydrogen-bond donors (Lipinski definition) is 0. The summed E-state index contributed by atoms with van der Waals surface area (Å²) in [6.07, 6.45) is -4.99. The Hall–Kier alpha value is -0.525. The van der Waals surface area contributed by atoms with Gasteiger partial charge in [-0.05, 0) is 0 Å². The van der Waals surface area contributed by atoms with Gasteiger partial charge in [0, 0.05) is 0 Å². The molecule has 1 rings (SSSR count). The van der Waals surface area contributed by atoms with Gasteiger partial charge >= 0.3 is 46.9 Å². The van der Waals surface area contributed by atoms with Gasteiger partial charge in [0.05, 0.1) is 0 Å². The van der Waals surface area contributed by atoms with Crippen LogP contribution in [0.1, 0.15) is 0 Å². The molecule has 2 radical (unpaired) electrons. The van der Waals surface area contributed by atoms with Crippen molar-refractivity contribution >= 4 is 22.7 Å². The van der Waals surface area contributed by atoms with E-state index < -0.39 is 38.1 Å². The maximum atomic E-state index is 13.0. The number of alkyl halides is 8. The molecule has 0 N–H and O–H groups in total. The molecular formula is C5H3B3F8O4. The Morgan fingerprint density at radius 3 is 1.95 bits per heavy atom. The van der Waals surface area contributed by atoms with Crippen LogP contribution in [0, 0.1) is 0 Å². The lowest BCUT2D eigenvalue weighted by Gasteiger charge is -2.32. The zero-order valence-corrected chi connectivity index (χ0v) is 9.17. The average molecular weight is 311 g/mol. The average Bonchev–Trinajstić information content (AvgIpc) is 2.37. The van der Waals surface area contributed by atoms with E-state index in [9.17, 15) is 35.1 Å². The van der Waals surface area contributed by atoms with Crippen molar-refractivity contribution in [2.45, 2.75) is 24.2 Å². The van der Waals surface area contributed by atoms with Crippen LogP contribution >= 0.6 is 0 Å². The second-order valence-corrected chi connectivity index (χ2v) is 3.40. The maximum absolute atomic E-state index is 13.0. The fraction of sp³-hybridized carbons (Fsp3) is 1.00. The predicted octanol–water partition coefficient (Wildman–Crippen LogP) is 1.29. The van der Waals surface area contributed by atoms with E-state index in [0.29, 0.717) is 15.4 Å². The summed E-state index contributed by atoms with van der Waals surface area (Å²) < 4.78 is 116. The van der Waals surface area contributed by atoms with Gasteiger partial charge < -0.3 is 18.4 Å². The molecule has 0 aromatic heterocycles. The summed E-state index contributed by atoms with van der Waals surface area (Å²) in [6.45, 7) is -2.35. The van der Waals surface area contributed by atoms with Gasteiger partial charge in [0.2, 0.25) is 0 Å². The van der Waals surface area contributed by atoms with Gasteiger partial charge in [-0.25, -0.2) is 8.78 Å². The van der Waals surface area contributed by atoms with Crippen LogP contribution in [-0.2, 0) is 18.4 Å². The molecule has 112 valence electrons. The smallest absolute Gasteiger partial charge is 0.457 e. The van der Waals surface area contributed by atoms with Crippen LogP contribution in [0.15, 0.2) is 0 Å². The highest BCUT2D eigenvalue weighted by molar-refractivity contribution is 6.57. The molecule has 4 nitrogen and oxygen atoms in total. The lowest BCUT2D eigenvalue weighted by atomic mass is 10.0. The van der Waals surface area contributed by atoms with Gasteiger partial charge in [-0.3, -0.25) is 0 Å². The number of rotatable bonds is 6. The molecule has 1 aliphatic heterocycles. The highest BCUT2D eigenvalue weighted by atomic mass is 19.4. The van der Waals surface area contributed by atoms with Crippen LogP contribution in [0.4, 0.5) is 35.1 Å². The minimum Gasteiger partial charge on any atom is -0.457 e. The Morgan fingerprint density at radius 2 is 1.50 bits per heavy atom. The normalized spacial score (nSPS) is 17.9. The zero-order valence-electron chi connectivity index (χ0n) is 9.17. The fourth-order valence-corrected chi connectivity index (χ4v) is 0.932. The molecule has 0 saturated carbocycles. The fourth-order valence-electron chi connectivity index (χ4n) is 0.932. The SMILES string of the molecule is FC(F)C(F)(F)C(F)(F)C(F)(F)COB1O[B]O[B]O1. The summed E-state index contributed by atoms with van der Waals surface area (Å²) >= 11 is 0. The van der Waals surface area contributed by atoms with Crippen molar-refractivity contribution in [3.63, 3.8) is 0 Å². The third-order valence-electron chi connectivity index (χ3n) is 2.00. The molecular weight excluding hydrogens is 308 g/mol. The lowest BCUT2D eigenvalue weighted by molar-refractivity contribution is -0.343. The van der Waals surface area contributed by atoms with Crippen LogP contribution in [0.5, 0.6) is 0 Å². The van der Waals surface area contributed by atoms with Gasteiger partial charge in [-0.1, -0.05) is 0 Å². The van der Waals surface area contributed by atoms with Gasteiger partial charge in [0.25, 0.3) is 0 Å². The van der Waals surface area contributed by atoms with Crippen molar-refractivity contribution < 1.29 is 53.5 Å². The van der Waals surface area contributed by atoms with E-state index in [2.05, 4.69) is 18.4 Å². The Kier molecular flexibility index (Phi) is 5.32. The predicted molar refractivity (Wildman–Crippen MR) is 47.3 cm³/mol. The summed E-state index contributed by atoms with van der Waals surface area (Å²) in [7, 11) is -0.943. The number of halogens is 8. The van der Waals surface area contributed by atoms with Crippen LogP contribution in [0.25, 0.3) is 0 Å². The molecule has 20 heavy (non-hydrogen) atoms. The highest BCUT2D eigenvalue weighted by Crippen LogP contribution is 2.48. The minimum atomic E-state index is -6.34. The van der Waals surface area contributed by atoms with Crippen LogP contribution in [-0.4, -0.2) is 53.5 Å². The van der Waals surface area contributed by atoms with Crippen LogP contribution < -0.4 is 0 Å². The van der Waals surface area contributed by atoms with E-state index in [1.165, 1.54) is 0 Å². The largest absolute Gasteiger partial charge is 0.611 e. The molecule has 15 heteroatoms. The van der Waals surface area contributed by atoms with Crippen LogP contribution in [0.2, 0.25) is 0 Å². The maximum Gasteiger partial charge on any atom is 0.611 e. The van der Waals surface area contributed by atoms with Gasteiger partial charge in [-0.15, -0.1) is 0 Å². The molecule has 0 aliphatic carbocycles. The third kappa shape index (κ3) is 3.38. The van der Waals surface area contributed by atoms with Crippen molar-refractivity contribution in [2.75, 3.05) is 6.61 Å². The monoisotopic (exact) mass is 312 g/mol. The quantitative estimate of drug-likeness (QED) is 0.547. The van der Waals surface area contributed by atoms with Crippen molar-refractivity contribution in [2.24, 2.45) is 0 Å². The second-order valence-electron chi connectivity index (χ2n) is 3.40. The van der Waals surface area contributed by atoms with E-state index in [1.807, 2.05) is 0 Å². The number of hydrogen-bond acceptors (Lipinski definition) is 4. The standard InChI is InChI=1S/C5H3B3F8O4/c9-2(10)4(13,14)5(15,16)3(11,12)1-17-8-19-6-18-7-20-8/h2H,1H2. The van der Waals surface area contributed by atoms with Crippen molar-refractivity contribution in [1.29, 1.82) is 0 Å². The molecule has 0 spiro atoms. The van der Waals surface area contributed by atoms with Gasteiger partial charge in [0.15, 0.2) is 0 Å². The van der Waals surface area contributed by atoms with E-state index in [4.69, 9.17) is 0 Å². The molecule has 0 aromatic carbocycles. The minimum absolute atomic E-state index is 0.512. The van der Waals surface area contributed by atoms with Crippen molar-refractivity contribution in [3.05, 3.63) is 0 Å². The first-order valence-electron chi connectivity index (χ1n) is 4.65. The highest BCUT2D eigenvalue weighted by Gasteiger charge is 2.75. The van der Waals surface area contributed by atoms with Crippen LogP contribution in [0.3, 0.4) is 0 Å². The lowest BCUT2D eigenvalue weighted by Crippen LogP contribution is -2.59. The summed E-state index contributed by atoms with van der Waals surface area (Å²) in [5.41, 5.74) is 0. The Labute approximate surface area is 108 Å². The van der Waals surface area contributed by atoms with E-state index >= 15 is 0 Å². The molecule has 0 bridgehead atoms. The summed E-state index contributed by atoms with van der Waals surface area (Å²) in [4.78, 5) is 0. The van der Waals surface area contributed by atoms with Gasteiger partial charge in [-0.2, -0.15) is 26.3 Å². The summed E-state index contributed by atoms with van der Waals surface area (Å²) in [5, 5.41) is 0. The first-order chi connectivity index (χ1) is 9.02. The molecule has 0 amide bonds. The molecule has 0 atom stereocenters. The van der Waals surface area contributed by atoms with E-state index in [0.717, 1.165) is 0 Å². The van der Waals surface area contributed by atoms with E-state index in [-0.39, 0.29) is 0 Å². The first-order valence-corrected chi connectivity index (χ1v) is 4.65. The summed E-state index contributed by atoms with van der Waals surface area (Å²) in [6, 6.07) is 0. The van der Waals surface area contributed by atoms with Crippen molar-refractivity contribution in [1.82, 2.24) is 0 Å². The molecule has 1 saturated heterocycles. The Bertz CT molecular complexity index is 325. The first kappa shape index (κ1) is 17.5. The molecule has 1 heterocycles. The van der Waals surface area contributed by atoms with E-state index in [1.54, 1.807) is 0 Å². The summed E-state index contributed by atoms with van der Waals surface area (Å²) in [5.74, 6) is -18.2. The molecule has 1 aliphatic rings. The Morgan fingerprint density at radius 1 is 1.00 bits per heavy atom. The van der Waals surface area contributed by atoms with Gasteiger partial charge in [0.1, 0.15) is 6.61 Å². The molecule has 0 aromatic rings. The Balaban J connectivity index is 2.70. The second kappa shape index (κ2) is 6.07.